The molecule has 0 atom stereocenters. The van der Waals surface area contributed by atoms with Crippen molar-refractivity contribution in [1.29, 1.82) is 0 Å². The van der Waals surface area contributed by atoms with Gasteiger partial charge in [-0.3, -0.25) is 0 Å². The minimum absolute atomic E-state index is 0.0839. The van der Waals surface area contributed by atoms with Crippen LogP contribution in [-0.2, 0) is 0 Å². The number of benzene rings is 1. The second kappa shape index (κ2) is 5.79. The summed E-state index contributed by atoms with van der Waals surface area (Å²) in [5.74, 6) is 0. The van der Waals surface area contributed by atoms with Crippen LogP contribution in [0.1, 0.15) is 36.5 Å². The van der Waals surface area contributed by atoms with Crippen molar-refractivity contribution < 1.29 is 0 Å². The van der Waals surface area contributed by atoms with E-state index in [-0.39, 0.29) is 20.9 Å². The molecule has 0 heterocycles. The van der Waals surface area contributed by atoms with E-state index in [2.05, 4.69) is 39.8 Å². The average molecular weight is 304 g/mol. The number of aryl methyl sites for hydroxylation is 3. The summed E-state index contributed by atoms with van der Waals surface area (Å²) in [4.78, 5) is 0. The molecule has 0 fully saturated rings. The topological polar surface area (TPSA) is 0 Å². The first-order valence-electron chi connectivity index (χ1n) is 5.35. The molecule has 0 aliphatic rings. The fraction of sp³-hybridized carbons (Fsp3) is 0.538. The Morgan fingerprint density at radius 1 is 1.07 bits per heavy atom. The van der Waals surface area contributed by atoms with Gasteiger partial charge in [-0.25, -0.2) is 0 Å². The minimum atomic E-state index is 0.0839. The molecule has 1 aromatic carbocycles. The number of unbranched alkanes of at least 4 members (excludes halogenated alkanes) is 1. The fourth-order valence-electron chi connectivity index (χ4n) is 1.71. The molecular weight excluding hydrogens is 284 g/mol. The van der Waals surface area contributed by atoms with Gasteiger partial charge in [0, 0.05) is 0 Å². The van der Waals surface area contributed by atoms with Crippen LogP contribution in [0.5, 0.6) is 0 Å². The van der Waals surface area contributed by atoms with Crippen LogP contribution >= 0.6 is 0 Å². The van der Waals surface area contributed by atoms with Crippen molar-refractivity contribution in [1.82, 2.24) is 0 Å². The molecule has 0 radical (unpaired) electrons. The Labute approximate surface area is 98.2 Å². The van der Waals surface area contributed by atoms with E-state index in [1.807, 2.05) is 0 Å². The van der Waals surface area contributed by atoms with Gasteiger partial charge in [-0.2, -0.15) is 0 Å². The van der Waals surface area contributed by atoms with Crippen LogP contribution in [0, 0.1) is 20.8 Å². The molecule has 78 valence electrons. The van der Waals surface area contributed by atoms with Gasteiger partial charge in [-0.15, -0.1) is 0 Å². The zero-order valence-electron chi connectivity index (χ0n) is 9.68. The number of hydrogen-bond acceptors (Lipinski definition) is 0. The third-order valence-electron chi connectivity index (χ3n) is 2.35. The van der Waals surface area contributed by atoms with Gasteiger partial charge in [0.1, 0.15) is 0 Å². The van der Waals surface area contributed by atoms with E-state index >= 15 is 0 Å². The van der Waals surface area contributed by atoms with Gasteiger partial charge < -0.3 is 0 Å². The average Bonchev–Trinajstić information content (AvgIpc) is 2.09. The summed E-state index contributed by atoms with van der Waals surface area (Å²) in [5, 5.41) is 0. The Bertz CT molecular complexity index is 279. The molecule has 0 saturated heterocycles. The summed E-state index contributed by atoms with van der Waals surface area (Å²) < 4.78 is 3.17. The number of rotatable bonds is 4. The van der Waals surface area contributed by atoms with Crippen molar-refractivity contribution in [3.63, 3.8) is 0 Å². The van der Waals surface area contributed by atoms with Gasteiger partial charge >= 0.3 is 98.4 Å². The van der Waals surface area contributed by atoms with E-state index < -0.39 is 0 Å². The van der Waals surface area contributed by atoms with Gasteiger partial charge in [0.05, 0.1) is 0 Å². The van der Waals surface area contributed by atoms with Crippen molar-refractivity contribution in [3.8, 4) is 0 Å². The van der Waals surface area contributed by atoms with E-state index in [0.717, 1.165) is 0 Å². The van der Waals surface area contributed by atoms with Crippen LogP contribution in [0.15, 0.2) is 12.1 Å². The summed E-state index contributed by atoms with van der Waals surface area (Å²) in [6, 6.07) is 4.66. The van der Waals surface area contributed by atoms with Crippen molar-refractivity contribution >= 4 is 24.5 Å². The van der Waals surface area contributed by atoms with Gasteiger partial charge in [0.25, 0.3) is 0 Å². The molecular formula is C13H20Te. The Morgan fingerprint density at radius 3 is 2.14 bits per heavy atom. The van der Waals surface area contributed by atoms with Crippen molar-refractivity contribution in [3.05, 3.63) is 28.8 Å². The maximum absolute atomic E-state index is 2.33. The summed E-state index contributed by atoms with van der Waals surface area (Å²) in [5.41, 5.74) is 4.47. The quantitative estimate of drug-likeness (QED) is 0.592. The SMILES string of the molecule is CCCC[Te]c1c(C)cc(C)cc1C. The summed E-state index contributed by atoms with van der Waals surface area (Å²) >= 11 is 0.0839. The molecule has 0 saturated carbocycles. The van der Waals surface area contributed by atoms with Crippen molar-refractivity contribution in [2.24, 2.45) is 0 Å². The van der Waals surface area contributed by atoms with Crippen molar-refractivity contribution in [2.45, 2.75) is 45.0 Å². The third-order valence-corrected chi connectivity index (χ3v) is 6.42. The van der Waals surface area contributed by atoms with E-state index in [9.17, 15) is 0 Å². The maximum atomic E-state index is 2.33. The Balaban J connectivity index is 2.75. The molecule has 0 aromatic heterocycles. The molecule has 0 amide bonds. The first-order chi connectivity index (χ1) is 6.65. The van der Waals surface area contributed by atoms with E-state index in [4.69, 9.17) is 0 Å². The molecule has 1 rings (SSSR count). The predicted octanol–water partition coefficient (Wildman–Crippen LogP) is 3.16. The van der Waals surface area contributed by atoms with Crippen molar-refractivity contribution in [2.75, 3.05) is 0 Å². The Kier molecular flexibility index (Phi) is 4.99. The summed E-state index contributed by atoms with van der Waals surface area (Å²) in [6.07, 6.45) is 2.75. The molecule has 0 spiro atoms. The molecule has 0 nitrogen and oxygen atoms in total. The Morgan fingerprint density at radius 2 is 1.64 bits per heavy atom. The van der Waals surface area contributed by atoms with Gasteiger partial charge in [0.15, 0.2) is 0 Å². The molecule has 14 heavy (non-hydrogen) atoms. The summed E-state index contributed by atoms with van der Waals surface area (Å²) in [7, 11) is 0. The van der Waals surface area contributed by atoms with Crippen LogP contribution < -0.4 is 3.61 Å². The normalized spacial score (nSPS) is 10.6. The van der Waals surface area contributed by atoms with E-state index in [0.29, 0.717) is 0 Å². The van der Waals surface area contributed by atoms with Gasteiger partial charge in [-0.1, -0.05) is 0 Å². The molecule has 1 heteroatoms. The van der Waals surface area contributed by atoms with Crippen LogP contribution in [0.3, 0.4) is 0 Å². The van der Waals surface area contributed by atoms with Crippen LogP contribution in [-0.4, -0.2) is 20.9 Å². The number of hydrogen-bond donors (Lipinski definition) is 0. The third kappa shape index (κ3) is 3.30. The standard InChI is InChI=1S/C13H20Te/c1-5-6-7-14-13-11(3)8-10(2)9-12(13)4/h8-9H,5-7H2,1-4H3. The van der Waals surface area contributed by atoms with E-state index in [1.165, 1.54) is 34.0 Å². The molecule has 0 bridgehead atoms. The molecule has 0 N–H and O–H groups in total. The van der Waals surface area contributed by atoms with Crippen LogP contribution in [0.2, 0.25) is 4.47 Å². The predicted molar refractivity (Wildman–Crippen MR) is 65.8 cm³/mol. The molecule has 0 unspecified atom stereocenters. The zero-order chi connectivity index (χ0) is 10.6. The Hall–Kier alpha value is 0.00961. The molecule has 0 aliphatic carbocycles. The molecule has 1 aromatic rings. The first kappa shape index (κ1) is 12.1. The second-order valence-electron chi connectivity index (χ2n) is 3.93. The zero-order valence-corrected chi connectivity index (χ0v) is 12.0. The first-order valence-corrected chi connectivity index (χ1v) is 8.17. The second-order valence-corrected chi connectivity index (χ2v) is 7.08. The van der Waals surface area contributed by atoms with E-state index in [1.54, 1.807) is 3.61 Å². The fourth-order valence-corrected chi connectivity index (χ4v) is 5.17. The molecule has 0 aliphatic heterocycles. The van der Waals surface area contributed by atoms with Gasteiger partial charge in [-0.05, 0) is 0 Å². The van der Waals surface area contributed by atoms with Crippen LogP contribution in [0.25, 0.3) is 0 Å². The summed E-state index contributed by atoms with van der Waals surface area (Å²) in [6.45, 7) is 9.01. The monoisotopic (exact) mass is 306 g/mol. The van der Waals surface area contributed by atoms with Crippen LogP contribution in [0.4, 0.5) is 0 Å². The van der Waals surface area contributed by atoms with Gasteiger partial charge in [0.2, 0.25) is 0 Å².